The van der Waals surface area contributed by atoms with Crippen molar-refractivity contribution in [3.63, 3.8) is 0 Å². The fourth-order valence-corrected chi connectivity index (χ4v) is 3.94. The molecule has 1 aliphatic rings. The summed E-state index contributed by atoms with van der Waals surface area (Å²) in [5.41, 5.74) is -1.69. The van der Waals surface area contributed by atoms with E-state index >= 15 is 0 Å². The van der Waals surface area contributed by atoms with E-state index in [0.29, 0.717) is 5.75 Å². The average molecular weight is 518 g/mol. The lowest BCUT2D eigenvalue weighted by Crippen LogP contribution is -2.59. The normalized spacial score (nSPS) is 17.3. The Morgan fingerprint density at radius 2 is 1.51 bits per heavy atom. The third kappa shape index (κ3) is 6.53. The van der Waals surface area contributed by atoms with Gasteiger partial charge in [0.05, 0.1) is 18.8 Å². The Hall–Kier alpha value is -3.30. The van der Waals surface area contributed by atoms with E-state index in [1.165, 1.54) is 12.1 Å². The van der Waals surface area contributed by atoms with Crippen LogP contribution in [0, 0.1) is 0 Å². The van der Waals surface area contributed by atoms with Crippen LogP contribution < -0.4 is 10.1 Å². The lowest BCUT2D eigenvalue weighted by molar-refractivity contribution is -0.272. The molecule has 0 bridgehead atoms. The van der Waals surface area contributed by atoms with Crippen molar-refractivity contribution in [3.05, 3.63) is 71.8 Å². The maximum Gasteiger partial charge on any atom is 0.416 e. The van der Waals surface area contributed by atoms with Crippen molar-refractivity contribution in [3.8, 4) is 11.5 Å². The van der Waals surface area contributed by atoms with Crippen molar-refractivity contribution in [1.82, 2.24) is 5.32 Å². The first kappa shape index (κ1) is 26.8. The SMILES string of the molecule is CC(C)(C)OC(=O)NC1(c2ccc3cc(Oc4cccc(C(F)(F)F)c4)ccc3c2)COC(C)(C)OC1. The monoisotopic (exact) mass is 517 g/mol. The Bertz CT molecular complexity index is 1290. The Balaban J connectivity index is 1.61. The molecule has 1 N–H and O–H groups in total. The number of amides is 1. The van der Waals surface area contributed by atoms with E-state index in [-0.39, 0.29) is 19.0 Å². The number of ether oxygens (including phenoxy) is 4. The third-order valence-corrected chi connectivity index (χ3v) is 5.83. The van der Waals surface area contributed by atoms with Gasteiger partial charge in [0.2, 0.25) is 0 Å². The van der Waals surface area contributed by atoms with E-state index in [0.717, 1.165) is 28.5 Å². The zero-order valence-electron chi connectivity index (χ0n) is 21.4. The molecule has 0 radical (unpaired) electrons. The van der Waals surface area contributed by atoms with E-state index in [4.69, 9.17) is 18.9 Å². The van der Waals surface area contributed by atoms with Gasteiger partial charge in [0, 0.05) is 0 Å². The highest BCUT2D eigenvalue weighted by Crippen LogP contribution is 2.36. The Labute approximate surface area is 213 Å². The molecule has 0 aromatic heterocycles. The van der Waals surface area contributed by atoms with E-state index in [9.17, 15) is 18.0 Å². The predicted octanol–water partition coefficient (Wildman–Crippen LogP) is 7.15. The Morgan fingerprint density at radius 1 is 0.892 bits per heavy atom. The molecule has 0 unspecified atom stereocenters. The number of hydrogen-bond donors (Lipinski definition) is 1. The van der Waals surface area contributed by atoms with Crippen LogP contribution in [0.25, 0.3) is 10.8 Å². The minimum absolute atomic E-state index is 0.0884. The quantitative estimate of drug-likeness (QED) is 0.398. The average Bonchev–Trinajstić information content (AvgIpc) is 2.79. The molecule has 3 aromatic carbocycles. The van der Waals surface area contributed by atoms with Crippen molar-refractivity contribution in [2.45, 2.75) is 57.7 Å². The number of carbonyl (C=O) groups is 1. The summed E-state index contributed by atoms with van der Waals surface area (Å²) >= 11 is 0. The van der Waals surface area contributed by atoms with Crippen LogP contribution in [-0.4, -0.2) is 30.7 Å². The highest BCUT2D eigenvalue weighted by molar-refractivity contribution is 5.85. The standard InChI is InChI=1S/C28H30F3NO5/c1-25(2,3)37-24(33)32-27(16-34-26(4,5)35-17-27)20-11-9-19-14-23(12-10-18(19)13-20)36-22-8-6-7-21(15-22)28(29,30)31/h6-15H,16-17H2,1-5H3,(H,32,33). The molecule has 0 aliphatic carbocycles. The molecule has 0 saturated carbocycles. The smallest absolute Gasteiger partial charge is 0.416 e. The first-order valence-electron chi connectivity index (χ1n) is 11.8. The maximum atomic E-state index is 13.0. The number of hydrogen-bond acceptors (Lipinski definition) is 5. The van der Waals surface area contributed by atoms with E-state index < -0.39 is 34.8 Å². The maximum absolute atomic E-state index is 13.0. The minimum atomic E-state index is -4.45. The Morgan fingerprint density at radius 3 is 2.16 bits per heavy atom. The molecule has 3 aromatic rings. The molecule has 1 saturated heterocycles. The summed E-state index contributed by atoms with van der Waals surface area (Å²) in [6, 6.07) is 15.6. The number of fused-ring (bicyclic) bond motifs is 1. The molecule has 9 heteroatoms. The number of alkyl halides is 3. The molecule has 0 atom stereocenters. The number of rotatable bonds is 4. The first-order chi connectivity index (χ1) is 17.1. The van der Waals surface area contributed by atoms with Gasteiger partial charge in [-0.3, -0.25) is 0 Å². The molecule has 0 spiro atoms. The summed E-state index contributed by atoms with van der Waals surface area (Å²) in [5, 5.41) is 4.58. The number of nitrogens with one attached hydrogen (secondary N) is 1. The number of halogens is 3. The molecular weight excluding hydrogens is 487 g/mol. The lowest BCUT2D eigenvalue weighted by Gasteiger charge is -2.44. The first-order valence-corrected chi connectivity index (χ1v) is 11.8. The summed E-state index contributed by atoms with van der Waals surface area (Å²) in [7, 11) is 0. The van der Waals surface area contributed by atoms with E-state index in [1.807, 2.05) is 18.2 Å². The zero-order valence-corrected chi connectivity index (χ0v) is 21.4. The summed E-state index contributed by atoms with van der Waals surface area (Å²) in [6.07, 6.45) is -5.05. The minimum Gasteiger partial charge on any atom is -0.457 e. The molecule has 198 valence electrons. The topological polar surface area (TPSA) is 66.0 Å². The number of alkyl carbamates (subject to hydrolysis) is 1. The number of carbonyl (C=O) groups excluding carboxylic acids is 1. The van der Waals surface area contributed by atoms with Crippen LogP contribution in [0.2, 0.25) is 0 Å². The molecule has 1 amide bonds. The van der Waals surface area contributed by atoms with Gasteiger partial charge in [-0.05, 0) is 87.4 Å². The summed E-state index contributed by atoms with van der Waals surface area (Å²) in [4.78, 5) is 12.7. The van der Waals surface area contributed by atoms with Crippen molar-refractivity contribution < 1.29 is 36.9 Å². The molecule has 1 aliphatic heterocycles. The van der Waals surface area contributed by atoms with Gasteiger partial charge in [-0.2, -0.15) is 13.2 Å². The van der Waals surface area contributed by atoms with Gasteiger partial charge in [0.25, 0.3) is 0 Å². The molecule has 6 nitrogen and oxygen atoms in total. The van der Waals surface area contributed by atoms with Gasteiger partial charge < -0.3 is 24.3 Å². The third-order valence-electron chi connectivity index (χ3n) is 5.83. The second-order valence-electron chi connectivity index (χ2n) is 10.5. The van der Waals surface area contributed by atoms with Crippen LogP contribution >= 0.6 is 0 Å². The van der Waals surface area contributed by atoms with Crippen molar-refractivity contribution >= 4 is 16.9 Å². The molecule has 37 heavy (non-hydrogen) atoms. The molecule has 1 heterocycles. The molecular formula is C28H30F3NO5. The lowest BCUT2D eigenvalue weighted by atomic mass is 9.88. The van der Waals surface area contributed by atoms with Crippen molar-refractivity contribution in [1.29, 1.82) is 0 Å². The summed E-state index contributed by atoms with van der Waals surface area (Å²) in [6.45, 7) is 9.29. The van der Waals surface area contributed by atoms with E-state index in [2.05, 4.69) is 5.32 Å². The summed E-state index contributed by atoms with van der Waals surface area (Å²) in [5.74, 6) is -0.316. The van der Waals surface area contributed by atoms with Crippen LogP contribution in [0.4, 0.5) is 18.0 Å². The second-order valence-corrected chi connectivity index (χ2v) is 10.5. The van der Waals surface area contributed by atoms with Crippen LogP contribution in [0.3, 0.4) is 0 Å². The van der Waals surface area contributed by atoms with Gasteiger partial charge in [-0.1, -0.05) is 24.3 Å². The predicted molar refractivity (Wildman–Crippen MR) is 132 cm³/mol. The van der Waals surface area contributed by atoms with Crippen molar-refractivity contribution in [2.75, 3.05) is 13.2 Å². The van der Waals surface area contributed by atoms with Gasteiger partial charge in [0.1, 0.15) is 22.6 Å². The van der Waals surface area contributed by atoms with Crippen molar-refractivity contribution in [2.24, 2.45) is 0 Å². The molecule has 4 rings (SSSR count). The van der Waals surface area contributed by atoms with E-state index in [1.54, 1.807) is 52.8 Å². The van der Waals surface area contributed by atoms with Gasteiger partial charge in [-0.15, -0.1) is 0 Å². The molecule has 1 fully saturated rings. The van der Waals surface area contributed by atoms with Crippen LogP contribution in [0.5, 0.6) is 11.5 Å². The highest BCUT2D eigenvalue weighted by atomic mass is 19.4. The van der Waals surface area contributed by atoms with Crippen LogP contribution in [0.15, 0.2) is 60.7 Å². The second kappa shape index (κ2) is 9.54. The number of benzene rings is 3. The Kier molecular flexibility index (Phi) is 6.90. The zero-order chi connectivity index (χ0) is 27.1. The van der Waals surface area contributed by atoms with Crippen LogP contribution in [0.1, 0.15) is 45.7 Å². The van der Waals surface area contributed by atoms with Gasteiger partial charge in [-0.25, -0.2) is 4.79 Å². The fraction of sp³-hybridized carbons (Fsp3) is 0.393. The van der Waals surface area contributed by atoms with Gasteiger partial charge in [0.15, 0.2) is 5.79 Å². The van der Waals surface area contributed by atoms with Gasteiger partial charge >= 0.3 is 12.3 Å². The highest BCUT2D eigenvalue weighted by Gasteiger charge is 2.43. The van der Waals surface area contributed by atoms with Crippen LogP contribution in [-0.2, 0) is 25.9 Å². The fourth-order valence-electron chi connectivity index (χ4n) is 3.94. The summed E-state index contributed by atoms with van der Waals surface area (Å²) < 4.78 is 62.1. The largest absolute Gasteiger partial charge is 0.457 e.